The van der Waals surface area contributed by atoms with E-state index in [0.717, 1.165) is 0 Å². The number of nitrogens with zero attached hydrogens (tertiary/aromatic N) is 1. The molecule has 0 saturated heterocycles. The van der Waals surface area contributed by atoms with Gasteiger partial charge in [0.1, 0.15) is 5.60 Å². The maximum absolute atomic E-state index is 10.8. The highest BCUT2D eigenvalue weighted by Gasteiger charge is 2.24. The quantitative estimate of drug-likeness (QED) is 0.537. The molecule has 0 aromatic carbocycles. The van der Waals surface area contributed by atoms with Crippen molar-refractivity contribution in [1.82, 2.24) is 4.90 Å². The molecule has 0 unspecified atom stereocenters. The third-order valence-electron chi connectivity index (χ3n) is 0.930. The summed E-state index contributed by atoms with van der Waals surface area (Å²) in [7, 11) is 3.22. The van der Waals surface area contributed by atoms with E-state index in [-0.39, 0.29) is 5.91 Å². The van der Waals surface area contributed by atoms with Gasteiger partial charge in [0, 0.05) is 14.1 Å². The molecule has 3 nitrogen and oxygen atoms in total. The molecule has 0 spiro atoms. The summed E-state index contributed by atoms with van der Waals surface area (Å²) in [6.45, 7) is 2.94. The van der Waals surface area contributed by atoms with Crippen LogP contribution in [0.15, 0.2) is 0 Å². The molecular weight excluding hydrogens is 118 g/mol. The number of amides is 1. The lowest BCUT2D eigenvalue weighted by atomic mass is 10.1. The Morgan fingerprint density at radius 2 is 1.78 bits per heavy atom. The van der Waals surface area contributed by atoms with Crippen LogP contribution < -0.4 is 0 Å². The van der Waals surface area contributed by atoms with E-state index in [1.807, 2.05) is 0 Å². The van der Waals surface area contributed by atoms with Crippen molar-refractivity contribution in [3.8, 4) is 0 Å². The fourth-order valence-electron chi connectivity index (χ4n) is 0.547. The summed E-state index contributed by atoms with van der Waals surface area (Å²) in [5.41, 5.74) is -1.23. The first-order valence-electron chi connectivity index (χ1n) is 2.80. The average molecular weight is 131 g/mol. The summed E-state index contributed by atoms with van der Waals surface area (Å²) >= 11 is 0. The van der Waals surface area contributed by atoms with Gasteiger partial charge < -0.3 is 10.0 Å². The van der Waals surface area contributed by atoms with E-state index in [1.165, 1.54) is 18.7 Å². The molecular formula is C6H13NO2. The predicted octanol–water partition coefficient (Wildman–Crippen LogP) is -0.155. The summed E-state index contributed by atoms with van der Waals surface area (Å²) in [4.78, 5) is 12.2. The molecule has 0 rings (SSSR count). The zero-order valence-corrected chi connectivity index (χ0v) is 6.30. The second kappa shape index (κ2) is 2.35. The van der Waals surface area contributed by atoms with Gasteiger partial charge in [-0.05, 0) is 13.8 Å². The van der Waals surface area contributed by atoms with Gasteiger partial charge in [-0.25, -0.2) is 0 Å². The Morgan fingerprint density at radius 3 is 1.78 bits per heavy atom. The fourth-order valence-corrected chi connectivity index (χ4v) is 0.547. The van der Waals surface area contributed by atoms with Crippen LogP contribution in [0.25, 0.3) is 0 Å². The molecule has 0 aromatic rings. The Labute approximate surface area is 55.3 Å². The van der Waals surface area contributed by atoms with Crippen molar-refractivity contribution in [2.24, 2.45) is 0 Å². The molecule has 1 amide bonds. The second-order valence-corrected chi connectivity index (χ2v) is 2.76. The van der Waals surface area contributed by atoms with Crippen LogP contribution in [0.2, 0.25) is 0 Å². The van der Waals surface area contributed by atoms with E-state index in [4.69, 9.17) is 5.11 Å². The SMILES string of the molecule is CN(C)C(=O)C(C)(C)O. The number of carbonyl (C=O) groups excluding carboxylic acids is 1. The minimum absolute atomic E-state index is 0.275. The van der Waals surface area contributed by atoms with Crippen LogP contribution in [0, 0.1) is 0 Å². The minimum atomic E-state index is -1.23. The summed E-state index contributed by atoms with van der Waals surface area (Å²) in [5.74, 6) is -0.275. The number of carbonyl (C=O) groups is 1. The summed E-state index contributed by atoms with van der Waals surface area (Å²) in [6.07, 6.45) is 0. The van der Waals surface area contributed by atoms with Crippen LogP contribution >= 0.6 is 0 Å². The lowest BCUT2D eigenvalue weighted by Gasteiger charge is -2.20. The highest BCUT2D eigenvalue weighted by atomic mass is 16.3. The van der Waals surface area contributed by atoms with Gasteiger partial charge in [0.15, 0.2) is 0 Å². The molecule has 0 heterocycles. The largest absolute Gasteiger partial charge is 0.381 e. The summed E-state index contributed by atoms with van der Waals surface area (Å²) in [5, 5.41) is 9.07. The molecule has 0 saturated carbocycles. The molecule has 9 heavy (non-hydrogen) atoms. The molecule has 0 aliphatic heterocycles. The minimum Gasteiger partial charge on any atom is -0.381 e. The van der Waals surface area contributed by atoms with Crippen molar-refractivity contribution in [2.75, 3.05) is 14.1 Å². The first kappa shape index (κ1) is 8.43. The monoisotopic (exact) mass is 131 g/mol. The van der Waals surface area contributed by atoms with Gasteiger partial charge in [-0.15, -0.1) is 0 Å². The Balaban J connectivity index is 4.06. The lowest BCUT2D eigenvalue weighted by molar-refractivity contribution is -0.145. The van der Waals surface area contributed by atoms with Gasteiger partial charge in [-0.3, -0.25) is 4.79 Å². The van der Waals surface area contributed by atoms with E-state index in [1.54, 1.807) is 14.1 Å². The van der Waals surface area contributed by atoms with Crippen LogP contribution in [0.4, 0.5) is 0 Å². The number of hydrogen-bond acceptors (Lipinski definition) is 2. The Kier molecular flexibility index (Phi) is 2.20. The van der Waals surface area contributed by atoms with Gasteiger partial charge in [0.2, 0.25) is 0 Å². The van der Waals surface area contributed by atoms with E-state index >= 15 is 0 Å². The van der Waals surface area contributed by atoms with Crippen molar-refractivity contribution in [3.63, 3.8) is 0 Å². The van der Waals surface area contributed by atoms with Crippen molar-refractivity contribution in [1.29, 1.82) is 0 Å². The van der Waals surface area contributed by atoms with Crippen LogP contribution in [0.5, 0.6) is 0 Å². The smallest absolute Gasteiger partial charge is 0.253 e. The Bertz CT molecular complexity index is 113. The topological polar surface area (TPSA) is 40.5 Å². The van der Waals surface area contributed by atoms with E-state index in [2.05, 4.69) is 0 Å². The molecule has 0 aliphatic rings. The molecule has 1 N–H and O–H groups in total. The van der Waals surface area contributed by atoms with Crippen molar-refractivity contribution < 1.29 is 9.90 Å². The lowest BCUT2D eigenvalue weighted by Crippen LogP contribution is -2.40. The number of likely N-dealkylation sites (N-methyl/N-ethyl adjacent to an activating group) is 1. The second-order valence-electron chi connectivity index (χ2n) is 2.76. The standard InChI is InChI=1S/C6H13NO2/c1-6(2,9)5(8)7(3)4/h9H,1-4H3. The van der Waals surface area contributed by atoms with E-state index in [0.29, 0.717) is 0 Å². The number of rotatable bonds is 1. The van der Waals surface area contributed by atoms with Gasteiger partial charge in [0.05, 0.1) is 0 Å². The highest BCUT2D eigenvalue weighted by Crippen LogP contribution is 2.02. The molecule has 0 atom stereocenters. The van der Waals surface area contributed by atoms with Gasteiger partial charge >= 0.3 is 0 Å². The first-order chi connectivity index (χ1) is 3.85. The normalized spacial score (nSPS) is 11.2. The summed E-state index contributed by atoms with van der Waals surface area (Å²) < 4.78 is 0. The molecule has 54 valence electrons. The predicted molar refractivity (Wildman–Crippen MR) is 35.0 cm³/mol. The van der Waals surface area contributed by atoms with Gasteiger partial charge in [-0.2, -0.15) is 0 Å². The molecule has 3 heteroatoms. The van der Waals surface area contributed by atoms with Crippen molar-refractivity contribution in [2.45, 2.75) is 19.4 Å². The Hall–Kier alpha value is -0.570. The van der Waals surface area contributed by atoms with Crippen LogP contribution in [0.3, 0.4) is 0 Å². The average Bonchev–Trinajstić information content (AvgIpc) is 1.62. The third-order valence-corrected chi connectivity index (χ3v) is 0.930. The van der Waals surface area contributed by atoms with Crippen LogP contribution in [-0.4, -0.2) is 35.6 Å². The van der Waals surface area contributed by atoms with Gasteiger partial charge in [0.25, 0.3) is 5.91 Å². The van der Waals surface area contributed by atoms with Crippen molar-refractivity contribution >= 4 is 5.91 Å². The van der Waals surface area contributed by atoms with Crippen LogP contribution in [0.1, 0.15) is 13.8 Å². The van der Waals surface area contributed by atoms with Crippen molar-refractivity contribution in [3.05, 3.63) is 0 Å². The first-order valence-corrected chi connectivity index (χ1v) is 2.80. The third kappa shape index (κ3) is 2.46. The molecule has 0 aromatic heterocycles. The highest BCUT2D eigenvalue weighted by molar-refractivity contribution is 5.83. The molecule has 0 radical (unpaired) electrons. The van der Waals surface area contributed by atoms with Gasteiger partial charge in [-0.1, -0.05) is 0 Å². The zero-order valence-electron chi connectivity index (χ0n) is 6.30. The number of aliphatic hydroxyl groups is 1. The van der Waals surface area contributed by atoms with E-state index in [9.17, 15) is 4.79 Å². The number of hydrogen-bond donors (Lipinski definition) is 1. The van der Waals surface area contributed by atoms with Crippen LogP contribution in [-0.2, 0) is 4.79 Å². The Morgan fingerprint density at radius 1 is 1.44 bits per heavy atom. The molecule has 0 fully saturated rings. The molecule has 0 bridgehead atoms. The maximum atomic E-state index is 10.8. The zero-order chi connectivity index (χ0) is 7.65. The summed E-state index contributed by atoms with van der Waals surface area (Å²) in [6, 6.07) is 0. The fraction of sp³-hybridized carbons (Fsp3) is 0.833. The maximum Gasteiger partial charge on any atom is 0.253 e. The molecule has 0 aliphatic carbocycles. The van der Waals surface area contributed by atoms with E-state index < -0.39 is 5.60 Å².